The number of fused-ring (bicyclic) bond motifs is 1. The molecule has 1 atom stereocenters. The summed E-state index contributed by atoms with van der Waals surface area (Å²) in [6.45, 7) is 4.52. The SMILES string of the molecule is CCC(CNC(=O)CCNS(=O)(=O)c1ccc(OC)c(OC)c1)N1CCc2ccccc2C1. The van der Waals surface area contributed by atoms with Crippen molar-refractivity contribution in [3.05, 3.63) is 53.6 Å². The fourth-order valence-corrected chi connectivity index (χ4v) is 5.09. The fraction of sp³-hybridized carbons (Fsp3) is 0.458. The van der Waals surface area contributed by atoms with E-state index in [1.165, 1.54) is 43.5 Å². The lowest BCUT2D eigenvalue weighted by molar-refractivity contribution is -0.121. The summed E-state index contributed by atoms with van der Waals surface area (Å²) in [4.78, 5) is 14.8. The Hall–Kier alpha value is -2.62. The van der Waals surface area contributed by atoms with Crippen LogP contribution in [0.5, 0.6) is 11.5 Å². The first kappa shape index (κ1) is 25.0. The van der Waals surface area contributed by atoms with E-state index in [0.717, 1.165) is 25.9 Å². The normalized spacial score (nSPS) is 14.9. The summed E-state index contributed by atoms with van der Waals surface area (Å²) in [6, 6.07) is 13.1. The van der Waals surface area contributed by atoms with Gasteiger partial charge in [-0.25, -0.2) is 13.1 Å². The molecule has 1 unspecified atom stereocenters. The summed E-state index contributed by atoms with van der Waals surface area (Å²) in [6.07, 6.45) is 2.00. The second-order valence-electron chi connectivity index (χ2n) is 8.02. The van der Waals surface area contributed by atoms with Crippen molar-refractivity contribution in [3.8, 4) is 11.5 Å². The molecule has 0 saturated heterocycles. The Morgan fingerprint density at radius 1 is 1.09 bits per heavy atom. The number of nitrogens with one attached hydrogen (secondary N) is 2. The van der Waals surface area contributed by atoms with E-state index in [2.05, 4.69) is 46.1 Å². The zero-order valence-electron chi connectivity index (χ0n) is 19.5. The third-order valence-electron chi connectivity index (χ3n) is 5.99. The van der Waals surface area contributed by atoms with Gasteiger partial charge < -0.3 is 14.8 Å². The van der Waals surface area contributed by atoms with E-state index in [1.54, 1.807) is 0 Å². The lowest BCUT2D eigenvalue weighted by Crippen LogP contribution is -2.46. The van der Waals surface area contributed by atoms with Crippen LogP contribution in [0.3, 0.4) is 0 Å². The molecule has 0 fully saturated rings. The number of rotatable bonds is 11. The maximum atomic E-state index is 12.6. The second-order valence-corrected chi connectivity index (χ2v) is 9.79. The molecule has 9 heteroatoms. The van der Waals surface area contributed by atoms with Crippen LogP contribution in [-0.4, -0.2) is 59.1 Å². The summed E-state index contributed by atoms with van der Waals surface area (Å²) in [5.41, 5.74) is 2.74. The molecule has 0 aliphatic carbocycles. The Labute approximate surface area is 196 Å². The van der Waals surface area contributed by atoms with E-state index < -0.39 is 10.0 Å². The molecule has 33 heavy (non-hydrogen) atoms. The molecule has 0 radical (unpaired) electrons. The van der Waals surface area contributed by atoms with Gasteiger partial charge in [-0.3, -0.25) is 9.69 Å². The standard InChI is InChI=1S/C24H33N3O5S/c1-4-20(27-14-12-18-7-5-6-8-19(18)17-27)16-25-24(28)11-13-26-33(29,30)21-9-10-22(31-2)23(15-21)32-3/h5-10,15,20,26H,4,11-14,16-17H2,1-3H3,(H,25,28). The van der Waals surface area contributed by atoms with Gasteiger partial charge in [0.25, 0.3) is 0 Å². The van der Waals surface area contributed by atoms with Crippen molar-refractivity contribution in [2.24, 2.45) is 0 Å². The van der Waals surface area contributed by atoms with Crippen LogP contribution >= 0.6 is 0 Å². The topological polar surface area (TPSA) is 97.0 Å². The van der Waals surface area contributed by atoms with Crippen LogP contribution < -0.4 is 19.5 Å². The molecule has 2 aromatic carbocycles. The van der Waals surface area contributed by atoms with Crippen LogP contribution in [0.4, 0.5) is 0 Å². The molecule has 2 N–H and O–H groups in total. The molecule has 1 aliphatic heterocycles. The van der Waals surface area contributed by atoms with Gasteiger partial charge in [0.05, 0.1) is 19.1 Å². The van der Waals surface area contributed by atoms with Crippen molar-refractivity contribution >= 4 is 15.9 Å². The Balaban J connectivity index is 1.47. The fourth-order valence-electron chi connectivity index (χ4n) is 4.05. The Bertz CT molecular complexity index is 1060. The molecule has 3 rings (SSSR count). The van der Waals surface area contributed by atoms with Crippen molar-refractivity contribution in [1.82, 2.24) is 14.9 Å². The minimum absolute atomic E-state index is 0.0103. The number of sulfonamides is 1. The third kappa shape index (κ3) is 6.46. The number of benzene rings is 2. The number of methoxy groups -OCH3 is 2. The zero-order chi connectivity index (χ0) is 23.8. The zero-order valence-corrected chi connectivity index (χ0v) is 20.3. The van der Waals surface area contributed by atoms with E-state index in [9.17, 15) is 13.2 Å². The highest BCUT2D eigenvalue weighted by Crippen LogP contribution is 2.29. The minimum atomic E-state index is -3.77. The van der Waals surface area contributed by atoms with Crippen molar-refractivity contribution in [2.75, 3.05) is 33.9 Å². The van der Waals surface area contributed by atoms with Crippen LogP contribution in [0.1, 0.15) is 30.9 Å². The van der Waals surface area contributed by atoms with E-state index in [-0.39, 0.29) is 29.8 Å². The van der Waals surface area contributed by atoms with E-state index in [4.69, 9.17) is 9.47 Å². The third-order valence-corrected chi connectivity index (χ3v) is 7.45. The average molecular weight is 476 g/mol. The lowest BCUT2D eigenvalue weighted by Gasteiger charge is -2.35. The Kier molecular flexibility index (Phi) is 8.71. The van der Waals surface area contributed by atoms with Gasteiger partial charge in [-0.2, -0.15) is 0 Å². The number of carbonyl (C=O) groups is 1. The number of hydrogen-bond acceptors (Lipinski definition) is 6. The van der Waals surface area contributed by atoms with Gasteiger partial charge in [-0.05, 0) is 36.1 Å². The van der Waals surface area contributed by atoms with E-state index in [0.29, 0.717) is 18.0 Å². The molecule has 0 bridgehead atoms. The summed E-state index contributed by atoms with van der Waals surface area (Å²) in [7, 11) is -0.844. The molecule has 1 aliphatic rings. The predicted molar refractivity (Wildman–Crippen MR) is 127 cm³/mol. The molecule has 0 saturated carbocycles. The Morgan fingerprint density at radius 2 is 1.82 bits per heavy atom. The molecule has 1 heterocycles. The number of amides is 1. The van der Waals surface area contributed by atoms with Crippen molar-refractivity contribution in [2.45, 2.75) is 43.7 Å². The first-order valence-electron chi connectivity index (χ1n) is 11.2. The summed E-state index contributed by atoms with van der Waals surface area (Å²) < 4.78 is 37.9. The minimum Gasteiger partial charge on any atom is -0.493 e. The molecular formula is C24H33N3O5S. The molecule has 0 aromatic heterocycles. The van der Waals surface area contributed by atoms with E-state index in [1.807, 2.05) is 0 Å². The first-order chi connectivity index (χ1) is 15.9. The molecule has 2 aromatic rings. The molecular weight excluding hydrogens is 442 g/mol. The van der Waals surface area contributed by atoms with Gasteiger partial charge in [0.15, 0.2) is 11.5 Å². The number of nitrogens with zero attached hydrogens (tertiary/aromatic N) is 1. The quantitative estimate of drug-likeness (QED) is 0.518. The second kappa shape index (κ2) is 11.5. The first-order valence-corrected chi connectivity index (χ1v) is 12.7. The molecule has 1 amide bonds. The molecule has 8 nitrogen and oxygen atoms in total. The van der Waals surface area contributed by atoms with Crippen molar-refractivity contribution in [3.63, 3.8) is 0 Å². The van der Waals surface area contributed by atoms with Gasteiger partial charge in [0.2, 0.25) is 15.9 Å². The summed E-state index contributed by atoms with van der Waals surface area (Å²) in [5, 5.41) is 2.96. The van der Waals surface area contributed by atoms with Gasteiger partial charge in [0, 0.05) is 44.7 Å². The van der Waals surface area contributed by atoms with Gasteiger partial charge in [-0.1, -0.05) is 31.2 Å². The molecule has 0 spiro atoms. The smallest absolute Gasteiger partial charge is 0.240 e. The summed E-state index contributed by atoms with van der Waals surface area (Å²) >= 11 is 0. The van der Waals surface area contributed by atoms with Crippen LogP contribution in [0, 0.1) is 0 Å². The number of hydrogen-bond donors (Lipinski definition) is 2. The highest BCUT2D eigenvalue weighted by Gasteiger charge is 2.23. The van der Waals surface area contributed by atoms with Crippen LogP contribution in [0.25, 0.3) is 0 Å². The predicted octanol–water partition coefficient (Wildman–Crippen LogP) is 2.33. The van der Waals surface area contributed by atoms with Crippen LogP contribution in [-0.2, 0) is 27.8 Å². The van der Waals surface area contributed by atoms with Crippen molar-refractivity contribution < 1.29 is 22.7 Å². The largest absolute Gasteiger partial charge is 0.493 e. The lowest BCUT2D eigenvalue weighted by atomic mass is 9.98. The molecule has 180 valence electrons. The highest BCUT2D eigenvalue weighted by molar-refractivity contribution is 7.89. The number of carbonyl (C=O) groups excluding carboxylic acids is 1. The van der Waals surface area contributed by atoms with Gasteiger partial charge in [-0.15, -0.1) is 0 Å². The van der Waals surface area contributed by atoms with Crippen LogP contribution in [0.15, 0.2) is 47.4 Å². The maximum Gasteiger partial charge on any atom is 0.240 e. The van der Waals surface area contributed by atoms with Crippen LogP contribution in [0.2, 0.25) is 0 Å². The maximum absolute atomic E-state index is 12.6. The Morgan fingerprint density at radius 3 is 2.52 bits per heavy atom. The average Bonchev–Trinajstić information content (AvgIpc) is 2.83. The van der Waals surface area contributed by atoms with Gasteiger partial charge in [0.1, 0.15) is 0 Å². The van der Waals surface area contributed by atoms with Gasteiger partial charge >= 0.3 is 0 Å². The summed E-state index contributed by atoms with van der Waals surface area (Å²) in [5.74, 6) is 0.587. The monoisotopic (exact) mass is 475 g/mol. The highest BCUT2D eigenvalue weighted by atomic mass is 32.2. The number of ether oxygens (including phenoxy) is 2. The van der Waals surface area contributed by atoms with Crippen molar-refractivity contribution in [1.29, 1.82) is 0 Å². The van der Waals surface area contributed by atoms with E-state index >= 15 is 0 Å².